The summed E-state index contributed by atoms with van der Waals surface area (Å²) in [5.74, 6) is 0.107. The highest BCUT2D eigenvalue weighted by molar-refractivity contribution is 5.99. The molecular formula is C23H32N2O6. The number of hydrogen-bond acceptors (Lipinski definition) is 6. The molecule has 0 saturated carbocycles. The van der Waals surface area contributed by atoms with Crippen LogP contribution < -0.4 is 10.1 Å². The molecule has 0 bridgehead atoms. The minimum atomic E-state index is -0.889. The van der Waals surface area contributed by atoms with E-state index in [1.807, 2.05) is 0 Å². The molecule has 2 unspecified atom stereocenters. The first kappa shape index (κ1) is 23.1. The molecular weight excluding hydrogens is 400 g/mol. The van der Waals surface area contributed by atoms with Crippen LogP contribution in [-0.2, 0) is 19.1 Å². The molecule has 31 heavy (non-hydrogen) atoms. The number of carbonyl (C=O) groups excluding carboxylic acids is 3. The van der Waals surface area contributed by atoms with Crippen molar-refractivity contribution in [3.8, 4) is 5.75 Å². The van der Waals surface area contributed by atoms with Gasteiger partial charge in [0.15, 0.2) is 0 Å². The third-order valence-electron chi connectivity index (χ3n) is 5.47. The van der Waals surface area contributed by atoms with Crippen LogP contribution in [0, 0.1) is 5.92 Å². The summed E-state index contributed by atoms with van der Waals surface area (Å²) in [6.45, 7) is 6.43. The van der Waals surface area contributed by atoms with Gasteiger partial charge in [-0.1, -0.05) is 13.8 Å². The average Bonchev–Trinajstić information content (AvgIpc) is 3.27. The third kappa shape index (κ3) is 6.69. The van der Waals surface area contributed by atoms with E-state index in [9.17, 15) is 14.4 Å². The van der Waals surface area contributed by atoms with E-state index in [-0.39, 0.29) is 30.9 Å². The van der Waals surface area contributed by atoms with Crippen molar-refractivity contribution in [2.75, 3.05) is 32.9 Å². The minimum absolute atomic E-state index is 0.0804. The molecule has 8 nitrogen and oxygen atoms in total. The molecule has 2 atom stereocenters. The maximum atomic E-state index is 13.1. The molecule has 3 rings (SSSR count). The SMILES string of the molecule is CC(C)CCOc1ccc(C(=O)N2CCNC(=O)C2CC(=O)OCC2CCCO2)cc1. The second-order valence-electron chi connectivity index (χ2n) is 8.38. The first-order chi connectivity index (χ1) is 14.9. The number of ether oxygens (including phenoxy) is 3. The summed E-state index contributed by atoms with van der Waals surface area (Å²) in [5.41, 5.74) is 0.448. The molecule has 8 heteroatoms. The van der Waals surface area contributed by atoms with E-state index in [1.54, 1.807) is 24.3 Å². The molecule has 1 aromatic rings. The summed E-state index contributed by atoms with van der Waals surface area (Å²) in [6.07, 6.45) is 2.51. The van der Waals surface area contributed by atoms with Crippen LogP contribution in [0.15, 0.2) is 24.3 Å². The smallest absolute Gasteiger partial charge is 0.308 e. The van der Waals surface area contributed by atoms with Crippen LogP contribution in [0.5, 0.6) is 5.75 Å². The van der Waals surface area contributed by atoms with E-state index in [4.69, 9.17) is 14.2 Å². The molecule has 0 aliphatic carbocycles. The highest BCUT2D eigenvalue weighted by Gasteiger charge is 2.35. The molecule has 1 aromatic carbocycles. The first-order valence-corrected chi connectivity index (χ1v) is 11.0. The summed E-state index contributed by atoms with van der Waals surface area (Å²) in [4.78, 5) is 39.2. The quantitative estimate of drug-likeness (QED) is 0.601. The number of nitrogens with one attached hydrogen (secondary N) is 1. The zero-order chi connectivity index (χ0) is 22.2. The van der Waals surface area contributed by atoms with Gasteiger partial charge in [-0.15, -0.1) is 0 Å². The Labute approximate surface area is 183 Å². The van der Waals surface area contributed by atoms with Crippen molar-refractivity contribution in [1.29, 1.82) is 0 Å². The molecule has 2 aliphatic rings. The summed E-state index contributed by atoms with van der Waals surface area (Å²) in [6, 6.07) is 5.99. The molecule has 2 fully saturated rings. The second kappa shape index (κ2) is 11.1. The van der Waals surface area contributed by atoms with Crippen molar-refractivity contribution >= 4 is 17.8 Å². The van der Waals surface area contributed by atoms with E-state index in [0.29, 0.717) is 43.5 Å². The van der Waals surface area contributed by atoms with Gasteiger partial charge in [0, 0.05) is 25.3 Å². The Hall–Kier alpha value is -2.61. The van der Waals surface area contributed by atoms with Gasteiger partial charge in [0.1, 0.15) is 18.4 Å². The molecule has 2 amide bonds. The van der Waals surface area contributed by atoms with Crippen molar-refractivity contribution in [2.45, 2.75) is 51.7 Å². The number of amides is 2. The first-order valence-electron chi connectivity index (χ1n) is 11.0. The zero-order valence-electron chi connectivity index (χ0n) is 18.3. The topological polar surface area (TPSA) is 94.2 Å². The van der Waals surface area contributed by atoms with Crippen LogP contribution in [0.1, 0.15) is 49.9 Å². The van der Waals surface area contributed by atoms with Gasteiger partial charge >= 0.3 is 5.97 Å². The van der Waals surface area contributed by atoms with Gasteiger partial charge in [-0.3, -0.25) is 14.4 Å². The van der Waals surface area contributed by atoms with Gasteiger partial charge < -0.3 is 24.4 Å². The van der Waals surface area contributed by atoms with Crippen LogP contribution in [0.2, 0.25) is 0 Å². The number of nitrogens with zero attached hydrogens (tertiary/aromatic N) is 1. The maximum absolute atomic E-state index is 13.1. The van der Waals surface area contributed by atoms with E-state index >= 15 is 0 Å². The summed E-state index contributed by atoms with van der Waals surface area (Å²) in [7, 11) is 0. The molecule has 0 aromatic heterocycles. The Morgan fingerprint density at radius 1 is 1.26 bits per heavy atom. The minimum Gasteiger partial charge on any atom is -0.494 e. The monoisotopic (exact) mass is 432 g/mol. The molecule has 0 spiro atoms. The van der Waals surface area contributed by atoms with Crippen molar-refractivity contribution in [3.63, 3.8) is 0 Å². The Bertz CT molecular complexity index is 758. The summed E-state index contributed by atoms with van der Waals surface area (Å²) >= 11 is 0. The summed E-state index contributed by atoms with van der Waals surface area (Å²) in [5, 5.41) is 2.73. The number of hydrogen-bond donors (Lipinski definition) is 1. The number of carbonyl (C=O) groups is 3. The molecule has 0 radical (unpaired) electrons. The maximum Gasteiger partial charge on any atom is 0.308 e. The lowest BCUT2D eigenvalue weighted by atomic mass is 10.1. The lowest BCUT2D eigenvalue weighted by Gasteiger charge is -2.34. The Balaban J connectivity index is 1.58. The Morgan fingerprint density at radius 3 is 2.71 bits per heavy atom. The van der Waals surface area contributed by atoms with E-state index in [2.05, 4.69) is 19.2 Å². The molecule has 2 heterocycles. The number of rotatable bonds is 9. The van der Waals surface area contributed by atoms with Crippen molar-refractivity contribution in [1.82, 2.24) is 10.2 Å². The molecule has 1 N–H and O–H groups in total. The fraction of sp³-hybridized carbons (Fsp3) is 0.609. The molecule has 170 valence electrons. The van der Waals surface area contributed by atoms with Gasteiger partial charge in [-0.2, -0.15) is 0 Å². The standard InChI is InChI=1S/C23H32N2O6/c1-16(2)9-13-30-18-7-5-17(6-8-18)23(28)25-11-10-24-22(27)20(25)14-21(26)31-15-19-4-3-12-29-19/h5-8,16,19-20H,3-4,9-15H2,1-2H3,(H,24,27). The third-order valence-corrected chi connectivity index (χ3v) is 5.47. The normalized spacial score (nSPS) is 21.1. The van der Waals surface area contributed by atoms with Crippen molar-refractivity contribution in [3.05, 3.63) is 29.8 Å². The van der Waals surface area contributed by atoms with E-state index < -0.39 is 12.0 Å². The van der Waals surface area contributed by atoms with Gasteiger partial charge in [0.2, 0.25) is 5.91 Å². The fourth-order valence-corrected chi connectivity index (χ4v) is 3.61. The Morgan fingerprint density at radius 2 is 2.03 bits per heavy atom. The fourth-order valence-electron chi connectivity index (χ4n) is 3.61. The van der Waals surface area contributed by atoms with Crippen LogP contribution >= 0.6 is 0 Å². The molecule has 2 aliphatic heterocycles. The van der Waals surface area contributed by atoms with E-state index in [1.165, 1.54) is 4.90 Å². The van der Waals surface area contributed by atoms with Crippen molar-refractivity contribution in [2.24, 2.45) is 5.92 Å². The predicted octanol–water partition coefficient (Wildman–Crippen LogP) is 2.16. The van der Waals surface area contributed by atoms with E-state index in [0.717, 1.165) is 19.3 Å². The van der Waals surface area contributed by atoms with Crippen LogP contribution in [-0.4, -0.2) is 67.7 Å². The number of benzene rings is 1. The second-order valence-corrected chi connectivity index (χ2v) is 8.38. The number of piperazine rings is 1. The lowest BCUT2D eigenvalue weighted by Crippen LogP contribution is -2.57. The van der Waals surface area contributed by atoms with Gasteiger partial charge in [-0.25, -0.2) is 0 Å². The van der Waals surface area contributed by atoms with Crippen molar-refractivity contribution < 1.29 is 28.6 Å². The predicted molar refractivity (Wildman–Crippen MR) is 114 cm³/mol. The lowest BCUT2D eigenvalue weighted by molar-refractivity contribution is -0.150. The van der Waals surface area contributed by atoms with Gasteiger partial charge in [0.05, 0.1) is 19.1 Å². The summed E-state index contributed by atoms with van der Waals surface area (Å²) < 4.78 is 16.4. The van der Waals surface area contributed by atoms with Gasteiger partial charge in [-0.05, 0) is 49.4 Å². The zero-order valence-corrected chi connectivity index (χ0v) is 18.3. The number of esters is 1. The molecule has 2 saturated heterocycles. The largest absolute Gasteiger partial charge is 0.494 e. The van der Waals surface area contributed by atoms with Crippen LogP contribution in [0.3, 0.4) is 0 Å². The van der Waals surface area contributed by atoms with Crippen LogP contribution in [0.25, 0.3) is 0 Å². The van der Waals surface area contributed by atoms with Gasteiger partial charge in [0.25, 0.3) is 5.91 Å². The Kier molecular flexibility index (Phi) is 8.28. The van der Waals surface area contributed by atoms with Crippen LogP contribution in [0.4, 0.5) is 0 Å². The average molecular weight is 433 g/mol. The highest BCUT2D eigenvalue weighted by Crippen LogP contribution is 2.19. The highest BCUT2D eigenvalue weighted by atomic mass is 16.6.